The van der Waals surface area contributed by atoms with Crippen molar-refractivity contribution in [3.8, 4) is 0 Å². The lowest BCUT2D eigenvalue weighted by Crippen LogP contribution is -2.45. The standard InChI is InChI=1S/C23H26N3/c1-3-24(4-2)25(20-21-14-8-5-9-15-21)26(22-16-10-6-11-17-22)23-18-12-7-13-19-23/h5-20H,3-4H2,1-2H3/q+1. The smallest absolute Gasteiger partial charge is 0.158 e. The van der Waals surface area contributed by atoms with Gasteiger partial charge in [0.05, 0.1) is 13.1 Å². The molecule has 0 saturated carbocycles. The summed E-state index contributed by atoms with van der Waals surface area (Å²) in [4.78, 5) is 2.22. The number of rotatable bonds is 7. The molecule has 0 atom stereocenters. The third-order valence-electron chi connectivity index (χ3n) is 4.29. The van der Waals surface area contributed by atoms with Crippen molar-refractivity contribution in [3.63, 3.8) is 0 Å². The van der Waals surface area contributed by atoms with E-state index in [2.05, 4.69) is 120 Å². The fourth-order valence-electron chi connectivity index (χ4n) is 2.98. The lowest BCUT2D eigenvalue weighted by atomic mass is 10.2. The molecule has 132 valence electrons. The van der Waals surface area contributed by atoms with E-state index in [0.29, 0.717) is 0 Å². The van der Waals surface area contributed by atoms with Crippen molar-refractivity contribution in [2.75, 3.05) is 18.1 Å². The topological polar surface area (TPSA) is 9.49 Å². The summed E-state index contributed by atoms with van der Waals surface area (Å²) in [5.74, 6) is 0. The number of hydrazine groups is 2. The van der Waals surface area contributed by atoms with E-state index in [-0.39, 0.29) is 0 Å². The average Bonchev–Trinajstić information content (AvgIpc) is 2.71. The van der Waals surface area contributed by atoms with Gasteiger partial charge in [0.15, 0.2) is 0 Å². The van der Waals surface area contributed by atoms with Crippen molar-refractivity contribution in [1.29, 1.82) is 0 Å². The maximum Gasteiger partial charge on any atom is 0.235 e. The van der Waals surface area contributed by atoms with Gasteiger partial charge in [0.2, 0.25) is 6.21 Å². The summed E-state index contributed by atoms with van der Waals surface area (Å²) >= 11 is 0. The predicted octanol–water partition coefficient (Wildman–Crippen LogP) is 5.13. The van der Waals surface area contributed by atoms with Gasteiger partial charge in [-0.15, -0.1) is 0 Å². The van der Waals surface area contributed by atoms with Gasteiger partial charge in [0.25, 0.3) is 0 Å². The lowest BCUT2D eigenvalue weighted by Gasteiger charge is -2.26. The molecular formula is C23H26N3+. The fourth-order valence-corrected chi connectivity index (χ4v) is 2.98. The van der Waals surface area contributed by atoms with Crippen molar-refractivity contribution in [2.45, 2.75) is 13.8 Å². The number of nitrogens with zero attached hydrogens (tertiary/aromatic N) is 3. The molecule has 3 aromatic rings. The maximum absolute atomic E-state index is 2.31. The van der Waals surface area contributed by atoms with E-state index in [0.717, 1.165) is 30.0 Å². The molecule has 3 nitrogen and oxygen atoms in total. The van der Waals surface area contributed by atoms with Gasteiger partial charge in [0.1, 0.15) is 11.4 Å². The number of benzene rings is 3. The highest BCUT2D eigenvalue weighted by molar-refractivity contribution is 5.76. The Bertz CT molecular complexity index is 770. The average molecular weight is 344 g/mol. The molecule has 0 N–H and O–H groups in total. The second-order valence-electron chi connectivity index (χ2n) is 5.98. The van der Waals surface area contributed by atoms with Crippen molar-refractivity contribution >= 4 is 17.6 Å². The van der Waals surface area contributed by atoms with Crippen LogP contribution >= 0.6 is 0 Å². The van der Waals surface area contributed by atoms with Crippen molar-refractivity contribution < 1.29 is 4.79 Å². The molecule has 0 aliphatic rings. The normalized spacial score (nSPS) is 11.2. The molecule has 0 radical (unpaired) electrons. The molecule has 0 unspecified atom stereocenters. The van der Waals surface area contributed by atoms with Crippen LogP contribution < -0.4 is 5.01 Å². The number of hydrogen-bond donors (Lipinski definition) is 0. The van der Waals surface area contributed by atoms with E-state index >= 15 is 0 Å². The minimum Gasteiger partial charge on any atom is -0.158 e. The molecule has 0 aromatic heterocycles. The highest BCUT2D eigenvalue weighted by Crippen LogP contribution is 2.26. The number of hydrogen-bond acceptors (Lipinski definition) is 2. The van der Waals surface area contributed by atoms with Crippen LogP contribution in [0.1, 0.15) is 19.4 Å². The summed E-state index contributed by atoms with van der Waals surface area (Å²) in [6, 6.07) is 31.4. The van der Waals surface area contributed by atoms with Crippen LogP contribution in [0.5, 0.6) is 0 Å². The number of anilines is 2. The second kappa shape index (κ2) is 8.86. The Kier molecular flexibility index (Phi) is 6.05. The molecule has 26 heavy (non-hydrogen) atoms. The quantitative estimate of drug-likeness (QED) is 0.334. The monoisotopic (exact) mass is 344 g/mol. The molecule has 3 aromatic carbocycles. The van der Waals surface area contributed by atoms with Gasteiger partial charge in [-0.1, -0.05) is 59.6 Å². The Hall–Kier alpha value is -3.07. The molecule has 0 aliphatic carbocycles. The van der Waals surface area contributed by atoms with Crippen molar-refractivity contribution in [2.24, 2.45) is 0 Å². The molecular weight excluding hydrogens is 318 g/mol. The zero-order valence-corrected chi connectivity index (χ0v) is 15.5. The highest BCUT2D eigenvalue weighted by atomic mass is 15.8. The van der Waals surface area contributed by atoms with Crippen LogP contribution in [0.4, 0.5) is 11.4 Å². The van der Waals surface area contributed by atoms with Gasteiger partial charge in [-0.2, -0.15) is 5.01 Å². The highest BCUT2D eigenvalue weighted by Gasteiger charge is 2.26. The molecule has 0 bridgehead atoms. The molecule has 3 heteroatoms. The summed E-state index contributed by atoms with van der Waals surface area (Å²) < 4.78 is 0. The molecule has 0 heterocycles. The molecule has 0 fully saturated rings. The van der Waals surface area contributed by atoms with E-state index in [9.17, 15) is 0 Å². The van der Waals surface area contributed by atoms with Crippen LogP contribution in [-0.2, 0) is 0 Å². The Morgan fingerprint density at radius 1 is 0.654 bits per heavy atom. The zero-order valence-electron chi connectivity index (χ0n) is 15.5. The van der Waals surface area contributed by atoms with Gasteiger partial charge in [-0.05, 0) is 50.2 Å². The summed E-state index contributed by atoms with van der Waals surface area (Å²) in [7, 11) is 0. The Balaban J connectivity index is 2.17. The van der Waals surface area contributed by atoms with E-state index in [1.54, 1.807) is 0 Å². The maximum atomic E-state index is 2.31. The van der Waals surface area contributed by atoms with Crippen LogP contribution in [0.25, 0.3) is 0 Å². The van der Waals surface area contributed by atoms with E-state index in [1.807, 2.05) is 6.07 Å². The van der Waals surface area contributed by atoms with E-state index in [4.69, 9.17) is 0 Å². The first-order chi connectivity index (χ1) is 12.8. The van der Waals surface area contributed by atoms with E-state index < -0.39 is 0 Å². The molecule has 0 saturated heterocycles. The predicted molar refractivity (Wildman–Crippen MR) is 110 cm³/mol. The molecule has 0 amide bonds. The first kappa shape index (κ1) is 17.7. The zero-order chi connectivity index (χ0) is 18.2. The minimum atomic E-state index is 0.913. The molecule has 0 spiro atoms. The minimum absolute atomic E-state index is 0.913. The fraction of sp³-hybridized carbons (Fsp3) is 0.174. The van der Waals surface area contributed by atoms with Gasteiger partial charge in [0, 0.05) is 10.4 Å². The largest absolute Gasteiger partial charge is 0.235 e. The Labute approximate surface area is 156 Å². The number of para-hydroxylation sites is 2. The van der Waals surface area contributed by atoms with E-state index in [1.165, 1.54) is 0 Å². The summed E-state index contributed by atoms with van der Waals surface area (Å²) in [6.45, 7) is 6.19. The summed E-state index contributed by atoms with van der Waals surface area (Å²) in [5, 5.41) is 4.56. The lowest BCUT2D eigenvalue weighted by molar-refractivity contribution is -0.688. The van der Waals surface area contributed by atoms with Gasteiger partial charge in [-0.3, -0.25) is 0 Å². The third kappa shape index (κ3) is 4.12. The van der Waals surface area contributed by atoms with Crippen LogP contribution in [0.15, 0.2) is 91.0 Å². The van der Waals surface area contributed by atoms with Gasteiger partial charge >= 0.3 is 0 Å². The van der Waals surface area contributed by atoms with Crippen LogP contribution in [-0.4, -0.2) is 29.1 Å². The molecule has 0 aliphatic heterocycles. The second-order valence-corrected chi connectivity index (χ2v) is 5.98. The van der Waals surface area contributed by atoms with Gasteiger partial charge in [-0.25, -0.2) is 0 Å². The Morgan fingerprint density at radius 2 is 1.08 bits per heavy atom. The Morgan fingerprint density at radius 3 is 1.50 bits per heavy atom. The first-order valence-electron chi connectivity index (χ1n) is 9.17. The van der Waals surface area contributed by atoms with Crippen LogP contribution in [0.2, 0.25) is 0 Å². The van der Waals surface area contributed by atoms with Crippen molar-refractivity contribution in [1.82, 2.24) is 5.01 Å². The van der Waals surface area contributed by atoms with Gasteiger partial charge < -0.3 is 0 Å². The first-order valence-corrected chi connectivity index (χ1v) is 9.17. The summed E-state index contributed by atoms with van der Waals surface area (Å²) in [5.41, 5.74) is 3.41. The van der Waals surface area contributed by atoms with Crippen LogP contribution in [0, 0.1) is 0 Å². The van der Waals surface area contributed by atoms with Crippen molar-refractivity contribution in [3.05, 3.63) is 96.6 Å². The molecule has 3 rings (SSSR count). The summed E-state index contributed by atoms with van der Waals surface area (Å²) in [6.07, 6.45) is 2.19. The van der Waals surface area contributed by atoms with Crippen LogP contribution in [0.3, 0.4) is 0 Å². The number of hydrazone groups is 2. The third-order valence-corrected chi connectivity index (χ3v) is 4.29. The SMILES string of the molecule is CCN(CC)[N+](=Cc1ccccc1)N(c1ccccc1)c1ccccc1.